The molecule has 4 heteroatoms. The van der Waals surface area contributed by atoms with Crippen LogP contribution < -0.4 is 5.46 Å². The first-order valence-electron chi connectivity index (χ1n) is 2.62. The van der Waals surface area contributed by atoms with Crippen LogP contribution in [0.5, 0.6) is 0 Å². The molecule has 0 aliphatic heterocycles. The summed E-state index contributed by atoms with van der Waals surface area (Å²) < 4.78 is 1.11. The number of aryl methyl sites for hydroxylation is 1. The molecule has 0 aromatic carbocycles. The van der Waals surface area contributed by atoms with Crippen LogP contribution in [0.4, 0.5) is 0 Å². The van der Waals surface area contributed by atoms with E-state index in [0.29, 0.717) is 20.0 Å². The summed E-state index contributed by atoms with van der Waals surface area (Å²) in [5.41, 5.74) is 0.676. The van der Waals surface area contributed by atoms with E-state index in [2.05, 4.69) is 0 Å². The molecule has 2 nitrogen and oxygen atoms in total. The normalized spacial score (nSPS) is 9.67. The summed E-state index contributed by atoms with van der Waals surface area (Å²) in [5, 5.41) is 17.4. The van der Waals surface area contributed by atoms with E-state index in [1.54, 1.807) is 6.07 Å². The molecule has 0 aliphatic rings. The van der Waals surface area contributed by atoms with E-state index in [0.717, 1.165) is 4.44 Å². The fourth-order valence-corrected chi connectivity index (χ4v) is 2.19. The molecule has 0 saturated carbocycles. The van der Waals surface area contributed by atoms with Crippen LogP contribution in [0.15, 0.2) is 11.0 Å². The molecule has 9 heavy (non-hydrogen) atoms. The zero-order chi connectivity index (χ0) is 6.85. The van der Waals surface area contributed by atoms with E-state index in [9.17, 15) is 0 Å². The molecule has 0 aliphatic carbocycles. The predicted octanol–water partition coefficient (Wildman–Crippen LogP) is -1.27. The molecule has 0 bridgehead atoms. The fraction of sp³-hybridized carbons (Fsp3) is 0.200. The molecule has 0 amide bonds. The van der Waals surface area contributed by atoms with Gasteiger partial charge in [-0.1, -0.05) is 0 Å². The molecule has 0 saturated heterocycles. The summed E-state index contributed by atoms with van der Waals surface area (Å²) in [5.74, 6) is 0. The zero-order valence-corrected chi connectivity index (χ0v) is 6.75. The zero-order valence-electron chi connectivity index (χ0n) is 5.03. The fourth-order valence-electron chi connectivity index (χ4n) is 0.663. The molecular formula is C5H7BO2Se. The number of hydrogen-bond acceptors (Lipinski definition) is 2. The van der Waals surface area contributed by atoms with Gasteiger partial charge in [0, 0.05) is 0 Å². The van der Waals surface area contributed by atoms with Gasteiger partial charge in [-0.2, -0.15) is 0 Å². The van der Waals surface area contributed by atoms with Crippen molar-refractivity contribution in [1.82, 2.24) is 0 Å². The van der Waals surface area contributed by atoms with E-state index < -0.39 is 7.12 Å². The van der Waals surface area contributed by atoms with Gasteiger partial charge >= 0.3 is 59.5 Å². The maximum atomic E-state index is 8.68. The van der Waals surface area contributed by atoms with Crippen LogP contribution in [0.25, 0.3) is 0 Å². The van der Waals surface area contributed by atoms with Crippen LogP contribution in [0.2, 0.25) is 0 Å². The Morgan fingerprint density at radius 1 is 1.56 bits per heavy atom. The second kappa shape index (κ2) is 2.71. The van der Waals surface area contributed by atoms with Gasteiger partial charge in [0.2, 0.25) is 0 Å². The van der Waals surface area contributed by atoms with Crippen molar-refractivity contribution in [3.63, 3.8) is 0 Å². The van der Waals surface area contributed by atoms with Crippen molar-refractivity contribution in [2.24, 2.45) is 0 Å². The molecule has 0 atom stereocenters. The van der Waals surface area contributed by atoms with Gasteiger partial charge in [-0.05, 0) is 0 Å². The van der Waals surface area contributed by atoms with Gasteiger partial charge in [-0.15, -0.1) is 0 Å². The SMILES string of the molecule is Cc1[se]ccc1B(O)O. The Balaban J connectivity index is 2.94. The van der Waals surface area contributed by atoms with Gasteiger partial charge in [0.1, 0.15) is 0 Å². The van der Waals surface area contributed by atoms with E-state index in [1.807, 2.05) is 11.9 Å². The van der Waals surface area contributed by atoms with Crippen molar-refractivity contribution in [2.75, 3.05) is 0 Å². The second-order valence-corrected chi connectivity index (χ2v) is 4.16. The number of rotatable bonds is 1. The van der Waals surface area contributed by atoms with Crippen molar-refractivity contribution in [3.8, 4) is 0 Å². The summed E-state index contributed by atoms with van der Waals surface area (Å²) in [6.07, 6.45) is 0. The Hall–Kier alpha value is -0.0156. The minimum atomic E-state index is -1.27. The third kappa shape index (κ3) is 1.46. The summed E-state index contributed by atoms with van der Waals surface area (Å²) >= 11 is 0.360. The second-order valence-electron chi connectivity index (χ2n) is 1.81. The Morgan fingerprint density at radius 2 is 2.22 bits per heavy atom. The molecule has 0 fully saturated rings. The van der Waals surface area contributed by atoms with Crippen molar-refractivity contribution in [3.05, 3.63) is 15.4 Å². The molecule has 48 valence electrons. The van der Waals surface area contributed by atoms with Gasteiger partial charge in [0.15, 0.2) is 0 Å². The predicted molar refractivity (Wildman–Crippen MR) is 37.9 cm³/mol. The van der Waals surface area contributed by atoms with Crippen LogP contribution in [0.3, 0.4) is 0 Å². The minimum absolute atomic E-state index is 0.360. The monoisotopic (exact) mass is 190 g/mol. The molecule has 1 rings (SSSR count). The van der Waals surface area contributed by atoms with Crippen LogP contribution in [-0.2, 0) is 0 Å². The third-order valence-corrected chi connectivity index (χ3v) is 2.98. The molecule has 1 aromatic rings. The summed E-state index contributed by atoms with van der Waals surface area (Å²) in [7, 11) is -1.27. The molecule has 0 unspecified atom stereocenters. The Labute approximate surface area is 60.0 Å². The first-order chi connectivity index (χ1) is 4.22. The van der Waals surface area contributed by atoms with Crippen LogP contribution in [-0.4, -0.2) is 31.7 Å². The third-order valence-electron chi connectivity index (χ3n) is 1.18. The van der Waals surface area contributed by atoms with Crippen molar-refractivity contribution >= 4 is 27.1 Å². The average molecular weight is 189 g/mol. The molecular weight excluding hydrogens is 182 g/mol. The first kappa shape index (κ1) is 7.10. The summed E-state index contributed by atoms with van der Waals surface area (Å²) in [4.78, 5) is 1.98. The van der Waals surface area contributed by atoms with Crippen LogP contribution in [0.1, 0.15) is 4.44 Å². The summed E-state index contributed by atoms with van der Waals surface area (Å²) in [6, 6.07) is 1.78. The van der Waals surface area contributed by atoms with E-state index in [-0.39, 0.29) is 0 Å². The Morgan fingerprint density at radius 3 is 2.44 bits per heavy atom. The van der Waals surface area contributed by atoms with Gasteiger partial charge in [-0.25, -0.2) is 0 Å². The van der Waals surface area contributed by atoms with E-state index in [4.69, 9.17) is 10.0 Å². The van der Waals surface area contributed by atoms with Crippen molar-refractivity contribution in [1.29, 1.82) is 0 Å². The van der Waals surface area contributed by atoms with Gasteiger partial charge in [0.05, 0.1) is 0 Å². The Bertz CT molecular complexity index is 197. The van der Waals surface area contributed by atoms with Gasteiger partial charge < -0.3 is 0 Å². The molecule has 2 N–H and O–H groups in total. The first-order valence-corrected chi connectivity index (χ1v) is 4.46. The molecule has 1 heterocycles. The van der Waals surface area contributed by atoms with Crippen molar-refractivity contribution in [2.45, 2.75) is 6.92 Å². The Kier molecular flexibility index (Phi) is 2.14. The van der Waals surface area contributed by atoms with Crippen LogP contribution >= 0.6 is 0 Å². The maximum absolute atomic E-state index is 8.68. The quantitative estimate of drug-likeness (QED) is 0.540. The molecule has 0 radical (unpaired) electrons. The summed E-state index contributed by atoms with van der Waals surface area (Å²) in [6.45, 7) is 1.93. The molecule has 0 spiro atoms. The topological polar surface area (TPSA) is 40.5 Å². The van der Waals surface area contributed by atoms with Gasteiger partial charge in [0.25, 0.3) is 0 Å². The number of hydrogen-bond donors (Lipinski definition) is 2. The average Bonchev–Trinajstić information content (AvgIpc) is 2.13. The standard InChI is InChI=1S/C5H7BO2Se/c1-4-5(6(7)8)2-3-9-4/h2-3,7-8H,1H3. The van der Waals surface area contributed by atoms with Gasteiger partial charge in [-0.3, -0.25) is 0 Å². The van der Waals surface area contributed by atoms with E-state index in [1.165, 1.54) is 0 Å². The van der Waals surface area contributed by atoms with E-state index >= 15 is 0 Å². The van der Waals surface area contributed by atoms with Crippen LogP contribution in [0, 0.1) is 6.92 Å². The van der Waals surface area contributed by atoms with Crippen molar-refractivity contribution < 1.29 is 10.0 Å². The molecule has 1 aromatic heterocycles.